The van der Waals surface area contributed by atoms with Crippen molar-refractivity contribution in [3.05, 3.63) is 60.0 Å². The Kier molecular flexibility index (Phi) is 6.26. The van der Waals surface area contributed by atoms with E-state index in [4.69, 9.17) is 14.0 Å². The maximum Gasteiger partial charge on any atom is 0.261 e. The molecule has 3 rings (SSSR count). The second-order valence-electron chi connectivity index (χ2n) is 6.29. The molecule has 1 unspecified atom stereocenters. The Morgan fingerprint density at radius 1 is 1.18 bits per heavy atom. The molecule has 1 N–H and O–H groups in total. The van der Waals surface area contributed by atoms with E-state index in [9.17, 15) is 4.79 Å². The van der Waals surface area contributed by atoms with Crippen molar-refractivity contribution in [2.45, 2.75) is 32.9 Å². The summed E-state index contributed by atoms with van der Waals surface area (Å²) in [6.07, 6.45) is -0.118. The number of methoxy groups -OCH3 is 1. The molecule has 0 bridgehead atoms. The number of rotatable bonds is 8. The minimum Gasteiger partial charge on any atom is -0.497 e. The van der Waals surface area contributed by atoms with Crippen LogP contribution < -0.4 is 14.8 Å². The molecule has 0 saturated carbocycles. The van der Waals surface area contributed by atoms with E-state index in [0.717, 1.165) is 11.1 Å². The third-order valence-corrected chi connectivity index (χ3v) is 4.14. The summed E-state index contributed by atoms with van der Waals surface area (Å²) in [6, 6.07) is 15.0. The summed E-state index contributed by atoms with van der Waals surface area (Å²) in [4.78, 5) is 16.8. The second-order valence-corrected chi connectivity index (χ2v) is 6.29. The van der Waals surface area contributed by atoms with Crippen LogP contribution in [0.2, 0.25) is 0 Å². The Labute approximate surface area is 163 Å². The Morgan fingerprint density at radius 2 is 1.96 bits per heavy atom. The first-order valence-electron chi connectivity index (χ1n) is 9.07. The molecule has 3 aromatic rings. The number of carbonyl (C=O) groups excluding carboxylic acids is 1. The van der Waals surface area contributed by atoms with Gasteiger partial charge in [0.2, 0.25) is 11.7 Å². The Balaban J connectivity index is 1.59. The molecule has 1 atom stereocenters. The van der Waals surface area contributed by atoms with Crippen LogP contribution in [0.4, 0.5) is 0 Å². The highest BCUT2D eigenvalue weighted by Gasteiger charge is 2.19. The van der Waals surface area contributed by atoms with Crippen LogP contribution in [0, 0.1) is 6.92 Å². The average molecular weight is 381 g/mol. The molecule has 1 amide bonds. The molecule has 7 heteroatoms. The van der Waals surface area contributed by atoms with Crippen LogP contribution >= 0.6 is 0 Å². The molecule has 146 valence electrons. The lowest BCUT2D eigenvalue weighted by Gasteiger charge is -2.17. The van der Waals surface area contributed by atoms with Gasteiger partial charge in [-0.25, -0.2) is 0 Å². The van der Waals surface area contributed by atoms with Crippen molar-refractivity contribution < 1.29 is 18.8 Å². The molecule has 1 heterocycles. The summed E-state index contributed by atoms with van der Waals surface area (Å²) in [5, 5.41) is 6.76. The van der Waals surface area contributed by atoms with Crippen LogP contribution in [0.25, 0.3) is 11.4 Å². The SMILES string of the molecule is CCC(Oc1cccc(OC)c1)C(=O)NCc1nc(-c2cccc(C)c2)no1. The van der Waals surface area contributed by atoms with Crippen molar-refractivity contribution in [1.82, 2.24) is 15.5 Å². The van der Waals surface area contributed by atoms with E-state index in [-0.39, 0.29) is 12.5 Å². The van der Waals surface area contributed by atoms with Crippen molar-refractivity contribution in [2.24, 2.45) is 0 Å². The van der Waals surface area contributed by atoms with Gasteiger partial charge in [-0.1, -0.05) is 41.9 Å². The van der Waals surface area contributed by atoms with E-state index < -0.39 is 6.10 Å². The van der Waals surface area contributed by atoms with E-state index >= 15 is 0 Å². The van der Waals surface area contributed by atoms with Crippen LogP contribution in [0.5, 0.6) is 11.5 Å². The fourth-order valence-electron chi connectivity index (χ4n) is 2.67. The van der Waals surface area contributed by atoms with Crippen molar-refractivity contribution in [1.29, 1.82) is 0 Å². The largest absolute Gasteiger partial charge is 0.497 e. The number of nitrogens with zero attached hydrogens (tertiary/aromatic N) is 2. The van der Waals surface area contributed by atoms with Gasteiger partial charge in [0.1, 0.15) is 11.5 Å². The molecular formula is C21H23N3O4. The number of aryl methyl sites for hydroxylation is 1. The molecular weight excluding hydrogens is 358 g/mol. The maximum absolute atomic E-state index is 12.5. The summed E-state index contributed by atoms with van der Waals surface area (Å²) in [7, 11) is 1.58. The van der Waals surface area contributed by atoms with Crippen molar-refractivity contribution in [2.75, 3.05) is 7.11 Å². The van der Waals surface area contributed by atoms with Gasteiger partial charge in [-0.2, -0.15) is 4.98 Å². The molecule has 0 aliphatic heterocycles. The van der Waals surface area contributed by atoms with Gasteiger partial charge in [0.05, 0.1) is 13.7 Å². The summed E-state index contributed by atoms with van der Waals surface area (Å²) in [6.45, 7) is 4.01. The lowest BCUT2D eigenvalue weighted by molar-refractivity contribution is -0.128. The zero-order chi connectivity index (χ0) is 19.9. The number of hydrogen-bond donors (Lipinski definition) is 1. The lowest BCUT2D eigenvalue weighted by atomic mass is 10.1. The van der Waals surface area contributed by atoms with Crippen LogP contribution in [0.15, 0.2) is 53.1 Å². The van der Waals surface area contributed by atoms with E-state index in [0.29, 0.717) is 29.6 Å². The Hall–Kier alpha value is -3.35. The topological polar surface area (TPSA) is 86.5 Å². The number of amides is 1. The smallest absolute Gasteiger partial charge is 0.261 e. The quantitative estimate of drug-likeness (QED) is 0.642. The molecule has 0 radical (unpaired) electrons. The fraction of sp³-hybridized carbons (Fsp3) is 0.286. The maximum atomic E-state index is 12.5. The first kappa shape index (κ1) is 19.4. The standard InChI is InChI=1S/C21H23N3O4/c1-4-18(27-17-10-6-9-16(12-17)26-3)21(25)22-13-19-23-20(24-28-19)15-8-5-7-14(2)11-15/h5-12,18H,4,13H2,1-3H3,(H,22,25). The highest BCUT2D eigenvalue weighted by Crippen LogP contribution is 2.21. The van der Waals surface area contributed by atoms with E-state index in [1.807, 2.05) is 50.2 Å². The van der Waals surface area contributed by atoms with Crippen molar-refractivity contribution >= 4 is 5.91 Å². The lowest BCUT2D eigenvalue weighted by Crippen LogP contribution is -2.37. The predicted molar refractivity (Wildman–Crippen MR) is 104 cm³/mol. The Morgan fingerprint density at radius 3 is 2.71 bits per heavy atom. The zero-order valence-corrected chi connectivity index (χ0v) is 16.1. The van der Waals surface area contributed by atoms with Gasteiger partial charge in [0.25, 0.3) is 5.91 Å². The third-order valence-electron chi connectivity index (χ3n) is 4.14. The highest BCUT2D eigenvalue weighted by molar-refractivity contribution is 5.81. The second kappa shape index (κ2) is 9.03. The number of aromatic nitrogens is 2. The van der Waals surface area contributed by atoms with Gasteiger partial charge >= 0.3 is 0 Å². The zero-order valence-electron chi connectivity index (χ0n) is 16.1. The number of ether oxygens (including phenoxy) is 2. The van der Waals surface area contributed by atoms with Crippen molar-refractivity contribution in [3.63, 3.8) is 0 Å². The molecule has 1 aromatic heterocycles. The highest BCUT2D eigenvalue weighted by atomic mass is 16.5. The normalized spacial score (nSPS) is 11.7. The molecule has 0 aliphatic rings. The fourth-order valence-corrected chi connectivity index (χ4v) is 2.67. The molecule has 28 heavy (non-hydrogen) atoms. The first-order valence-corrected chi connectivity index (χ1v) is 9.07. The predicted octanol–water partition coefficient (Wildman–Crippen LogP) is 3.53. The van der Waals surface area contributed by atoms with Gasteiger partial charge in [-0.15, -0.1) is 0 Å². The van der Waals surface area contributed by atoms with Crippen molar-refractivity contribution in [3.8, 4) is 22.9 Å². The van der Waals surface area contributed by atoms with Crippen LogP contribution in [0.1, 0.15) is 24.8 Å². The molecule has 0 aliphatic carbocycles. The van der Waals surface area contributed by atoms with E-state index in [1.165, 1.54) is 0 Å². The number of nitrogens with one attached hydrogen (secondary N) is 1. The summed E-state index contributed by atoms with van der Waals surface area (Å²) < 4.78 is 16.2. The van der Waals surface area contributed by atoms with E-state index in [2.05, 4.69) is 15.5 Å². The van der Waals surface area contributed by atoms with Crippen LogP contribution in [0.3, 0.4) is 0 Å². The third kappa shape index (κ3) is 4.88. The number of hydrogen-bond acceptors (Lipinski definition) is 6. The first-order chi connectivity index (χ1) is 13.6. The molecule has 0 fully saturated rings. The van der Waals surface area contributed by atoms with Gasteiger partial charge in [-0.3, -0.25) is 4.79 Å². The average Bonchev–Trinajstić information content (AvgIpc) is 3.19. The van der Waals surface area contributed by atoms with Crippen LogP contribution in [-0.2, 0) is 11.3 Å². The molecule has 0 spiro atoms. The summed E-state index contributed by atoms with van der Waals surface area (Å²) in [5.74, 6) is 1.82. The number of benzene rings is 2. The summed E-state index contributed by atoms with van der Waals surface area (Å²) in [5.41, 5.74) is 1.98. The molecule has 2 aromatic carbocycles. The van der Waals surface area contributed by atoms with Crippen LogP contribution in [-0.4, -0.2) is 29.3 Å². The molecule has 0 saturated heterocycles. The van der Waals surface area contributed by atoms with Gasteiger partial charge in [-0.05, 0) is 31.5 Å². The van der Waals surface area contributed by atoms with Gasteiger partial charge < -0.3 is 19.3 Å². The summed E-state index contributed by atoms with van der Waals surface area (Å²) >= 11 is 0. The van der Waals surface area contributed by atoms with E-state index in [1.54, 1.807) is 19.2 Å². The monoisotopic (exact) mass is 381 g/mol. The van der Waals surface area contributed by atoms with Gasteiger partial charge in [0, 0.05) is 11.6 Å². The number of carbonyl (C=O) groups is 1. The van der Waals surface area contributed by atoms with Gasteiger partial charge in [0.15, 0.2) is 6.10 Å². The molecule has 7 nitrogen and oxygen atoms in total. The minimum atomic E-state index is -0.633. The Bertz CT molecular complexity index is 939. The minimum absolute atomic E-state index is 0.135.